The van der Waals surface area contributed by atoms with Crippen molar-refractivity contribution in [1.82, 2.24) is 9.55 Å². The Balaban J connectivity index is 2.36. The maximum absolute atomic E-state index is 5.72. The van der Waals surface area contributed by atoms with Crippen molar-refractivity contribution in [1.29, 1.82) is 0 Å². The molecular weight excluding hydrogens is 234 g/mol. The molecule has 96 valence electrons. The van der Waals surface area contributed by atoms with Crippen LogP contribution in [0.4, 0.5) is 5.69 Å². The van der Waals surface area contributed by atoms with E-state index in [2.05, 4.69) is 48.6 Å². The number of anilines is 1. The SMILES string of the molecule is Cc1ccc2c(c1)c(-c1ccc(N)cn1)c(C)n2C. The quantitative estimate of drug-likeness (QED) is 0.720. The molecule has 0 atom stereocenters. The van der Waals surface area contributed by atoms with Crippen LogP contribution < -0.4 is 5.73 Å². The second-order valence-electron chi connectivity index (χ2n) is 5.02. The summed E-state index contributed by atoms with van der Waals surface area (Å²) in [5.74, 6) is 0. The van der Waals surface area contributed by atoms with Gasteiger partial charge < -0.3 is 10.3 Å². The van der Waals surface area contributed by atoms with E-state index in [0.29, 0.717) is 5.69 Å². The monoisotopic (exact) mass is 251 g/mol. The van der Waals surface area contributed by atoms with Crippen LogP contribution in [0, 0.1) is 13.8 Å². The number of aryl methyl sites for hydroxylation is 2. The zero-order chi connectivity index (χ0) is 13.6. The van der Waals surface area contributed by atoms with Gasteiger partial charge in [0.25, 0.3) is 0 Å². The van der Waals surface area contributed by atoms with Crippen LogP contribution in [0.2, 0.25) is 0 Å². The Kier molecular flexibility index (Phi) is 2.56. The third-order valence-electron chi connectivity index (χ3n) is 3.69. The van der Waals surface area contributed by atoms with Crippen LogP contribution in [0.5, 0.6) is 0 Å². The summed E-state index contributed by atoms with van der Waals surface area (Å²) in [7, 11) is 2.09. The number of pyridine rings is 1. The second kappa shape index (κ2) is 4.12. The van der Waals surface area contributed by atoms with E-state index in [9.17, 15) is 0 Å². The molecule has 0 aliphatic heterocycles. The Labute approximate surface area is 112 Å². The fraction of sp³-hybridized carbons (Fsp3) is 0.188. The minimum atomic E-state index is 0.692. The van der Waals surface area contributed by atoms with E-state index in [1.54, 1.807) is 6.20 Å². The molecule has 0 bridgehead atoms. The van der Waals surface area contributed by atoms with Gasteiger partial charge in [0.05, 0.1) is 17.6 Å². The van der Waals surface area contributed by atoms with Crippen LogP contribution in [-0.2, 0) is 7.05 Å². The maximum atomic E-state index is 5.72. The highest BCUT2D eigenvalue weighted by molar-refractivity contribution is 5.97. The predicted molar refractivity (Wildman–Crippen MR) is 80.0 cm³/mol. The van der Waals surface area contributed by atoms with E-state index in [1.807, 2.05) is 12.1 Å². The molecule has 0 aliphatic rings. The third-order valence-corrected chi connectivity index (χ3v) is 3.69. The van der Waals surface area contributed by atoms with Crippen molar-refractivity contribution in [3.63, 3.8) is 0 Å². The number of nitrogens with two attached hydrogens (primary N) is 1. The molecule has 0 unspecified atom stereocenters. The first-order valence-electron chi connectivity index (χ1n) is 6.35. The molecular formula is C16H17N3. The molecule has 0 spiro atoms. The molecule has 3 aromatic rings. The van der Waals surface area contributed by atoms with Gasteiger partial charge in [0.1, 0.15) is 0 Å². The summed E-state index contributed by atoms with van der Waals surface area (Å²) >= 11 is 0. The van der Waals surface area contributed by atoms with E-state index in [4.69, 9.17) is 5.73 Å². The molecule has 19 heavy (non-hydrogen) atoms. The molecule has 2 aromatic heterocycles. The van der Waals surface area contributed by atoms with E-state index in [1.165, 1.54) is 27.7 Å². The first-order chi connectivity index (χ1) is 9.08. The lowest BCUT2D eigenvalue weighted by atomic mass is 10.1. The maximum Gasteiger partial charge on any atom is 0.0727 e. The Morgan fingerprint density at radius 2 is 1.89 bits per heavy atom. The number of hydrogen-bond donors (Lipinski definition) is 1. The van der Waals surface area contributed by atoms with Gasteiger partial charge >= 0.3 is 0 Å². The summed E-state index contributed by atoms with van der Waals surface area (Å²) < 4.78 is 2.21. The first-order valence-corrected chi connectivity index (χ1v) is 6.35. The lowest BCUT2D eigenvalue weighted by Gasteiger charge is -2.02. The summed E-state index contributed by atoms with van der Waals surface area (Å²) in [5.41, 5.74) is 12.3. The number of hydrogen-bond acceptors (Lipinski definition) is 2. The van der Waals surface area contributed by atoms with Crippen molar-refractivity contribution in [2.24, 2.45) is 7.05 Å². The van der Waals surface area contributed by atoms with Crippen LogP contribution in [0.15, 0.2) is 36.5 Å². The fourth-order valence-corrected chi connectivity index (χ4v) is 2.56. The molecule has 0 fully saturated rings. The molecule has 0 saturated heterocycles. The van der Waals surface area contributed by atoms with Crippen LogP contribution in [0.25, 0.3) is 22.2 Å². The zero-order valence-electron chi connectivity index (χ0n) is 11.4. The highest BCUT2D eigenvalue weighted by atomic mass is 14.9. The van der Waals surface area contributed by atoms with Crippen molar-refractivity contribution in [3.05, 3.63) is 47.8 Å². The minimum Gasteiger partial charge on any atom is -0.397 e. The molecule has 3 heteroatoms. The molecule has 3 nitrogen and oxygen atoms in total. The molecule has 0 radical (unpaired) electrons. The third kappa shape index (κ3) is 1.78. The Bertz CT molecular complexity index is 752. The Morgan fingerprint density at radius 1 is 1.11 bits per heavy atom. The average molecular weight is 251 g/mol. The molecule has 0 saturated carbocycles. The molecule has 0 amide bonds. The number of benzene rings is 1. The van der Waals surface area contributed by atoms with Crippen LogP contribution in [-0.4, -0.2) is 9.55 Å². The van der Waals surface area contributed by atoms with E-state index in [0.717, 1.165) is 5.69 Å². The van der Waals surface area contributed by atoms with Gasteiger partial charge in [0.2, 0.25) is 0 Å². The van der Waals surface area contributed by atoms with Crippen molar-refractivity contribution in [2.45, 2.75) is 13.8 Å². The second-order valence-corrected chi connectivity index (χ2v) is 5.02. The van der Waals surface area contributed by atoms with Crippen molar-refractivity contribution in [2.75, 3.05) is 5.73 Å². The number of fused-ring (bicyclic) bond motifs is 1. The normalized spacial score (nSPS) is 11.1. The lowest BCUT2D eigenvalue weighted by Crippen LogP contribution is -1.92. The number of aromatic nitrogens is 2. The summed E-state index contributed by atoms with van der Waals surface area (Å²) in [5, 5.41) is 1.25. The summed E-state index contributed by atoms with van der Waals surface area (Å²) in [6.07, 6.45) is 1.71. The first kappa shape index (κ1) is 11.8. The van der Waals surface area contributed by atoms with Gasteiger partial charge in [-0.3, -0.25) is 4.98 Å². The van der Waals surface area contributed by atoms with Crippen LogP contribution in [0.1, 0.15) is 11.3 Å². The van der Waals surface area contributed by atoms with Gasteiger partial charge in [-0.1, -0.05) is 11.6 Å². The largest absolute Gasteiger partial charge is 0.397 e. The lowest BCUT2D eigenvalue weighted by molar-refractivity contribution is 0.918. The van der Waals surface area contributed by atoms with Gasteiger partial charge in [0.15, 0.2) is 0 Å². The van der Waals surface area contributed by atoms with Gasteiger partial charge in [-0.15, -0.1) is 0 Å². The molecule has 3 rings (SSSR count). The summed E-state index contributed by atoms with van der Waals surface area (Å²) in [6, 6.07) is 10.4. The van der Waals surface area contributed by atoms with E-state index >= 15 is 0 Å². The highest BCUT2D eigenvalue weighted by Gasteiger charge is 2.14. The number of nitrogen functional groups attached to an aromatic ring is 1. The fourth-order valence-electron chi connectivity index (χ4n) is 2.56. The summed E-state index contributed by atoms with van der Waals surface area (Å²) in [4.78, 5) is 4.46. The van der Waals surface area contributed by atoms with Crippen molar-refractivity contribution in [3.8, 4) is 11.3 Å². The van der Waals surface area contributed by atoms with Crippen molar-refractivity contribution >= 4 is 16.6 Å². The Hall–Kier alpha value is -2.29. The van der Waals surface area contributed by atoms with E-state index < -0.39 is 0 Å². The smallest absolute Gasteiger partial charge is 0.0727 e. The molecule has 0 aliphatic carbocycles. The Morgan fingerprint density at radius 3 is 2.58 bits per heavy atom. The van der Waals surface area contributed by atoms with Crippen LogP contribution in [0.3, 0.4) is 0 Å². The molecule has 2 heterocycles. The standard InChI is InChI=1S/C16H17N3/c1-10-4-7-15-13(8-10)16(11(2)19(15)3)14-6-5-12(17)9-18-14/h4-9H,17H2,1-3H3. The average Bonchev–Trinajstić information content (AvgIpc) is 2.63. The number of nitrogens with zero attached hydrogens (tertiary/aromatic N) is 2. The van der Waals surface area contributed by atoms with Gasteiger partial charge in [-0.05, 0) is 38.1 Å². The summed E-state index contributed by atoms with van der Waals surface area (Å²) in [6.45, 7) is 4.24. The topological polar surface area (TPSA) is 43.8 Å². The molecule has 2 N–H and O–H groups in total. The predicted octanol–water partition coefficient (Wildman–Crippen LogP) is 3.44. The highest BCUT2D eigenvalue weighted by Crippen LogP contribution is 2.33. The van der Waals surface area contributed by atoms with E-state index in [-0.39, 0.29) is 0 Å². The zero-order valence-corrected chi connectivity index (χ0v) is 11.4. The van der Waals surface area contributed by atoms with Crippen LogP contribution >= 0.6 is 0 Å². The number of rotatable bonds is 1. The molecule has 1 aromatic carbocycles. The van der Waals surface area contributed by atoms with Gasteiger partial charge in [-0.2, -0.15) is 0 Å². The van der Waals surface area contributed by atoms with Gasteiger partial charge in [0, 0.05) is 29.2 Å². The van der Waals surface area contributed by atoms with Gasteiger partial charge in [-0.25, -0.2) is 0 Å². The minimum absolute atomic E-state index is 0.692. The van der Waals surface area contributed by atoms with Crippen molar-refractivity contribution < 1.29 is 0 Å².